The summed E-state index contributed by atoms with van der Waals surface area (Å²) >= 11 is 3.48. The van der Waals surface area contributed by atoms with Gasteiger partial charge in [0.15, 0.2) is 5.69 Å². The predicted molar refractivity (Wildman–Crippen MR) is 129 cm³/mol. The molecule has 2 heterocycles. The third-order valence-corrected chi connectivity index (χ3v) is 5.83. The molecule has 0 atom stereocenters. The van der Waals surface area contributed by atoms with Gasteiger partial charge in [0, 0.05) is 10.0 Å². The molecule has 9 heteroatoms. The van der Waals surface area contributed by atoms with Gasteiger partial charge in [0.25, 0.3) is 5.91 Å². The van der Waals surface area contributed by atoms with E-state index in [1.54, 1.807) is 4.68 Å². The van der Waals surface area contributed by atoms with Crippen LogP contribution in [-0.2, 0) is 6.54 Å². The lowest BCUT2D eigenvalue weighted by Gasteiger charge is -2.07. The number of carbonyl (C=O) groups excluding carboxylic acids is 1. The second-order valence-electron chi connectivity index (χ2n) is 7.60. The number of nitrogens with zero attached hydrogens (tertiary/aromatic N) is 4. The van der Waals surface area contributed by atoms with Crippen LogP contribution in [-0.4, -0.2) is 32.5 Å². The number of oxazole rings is 1. The number of halogens is 1. The van der Waals surface area contributed by atoms with E-state index in [1.165, 1.54) is 0 Å². The number of anilines is 1. The van der Waals surface area contributed by atoms with E-state index in [-0.39, 0.29) is 11.6 Å². The first-order chi connectivity index (χ1) is 15.9. The lowest BCUT2D eigenvalue weighted by atomic mass is 10.2. The Hall–Kier alpha value is -3.46. The molecule has 0 unspecified atom stereocenters. The molecule has 1 amide bonds. The number of aryl methyl sites for hydroxylation is 2. The number of carbonyl (C=O) groups is 1. The van der Waals surface area contributed by atoms with Crippen LogP contribution >= 0.6 is 15.9 Å². The second kappa shape index (κ2) is 9.58. The number of benzene rings is 2. The zero-order valence-electron chi connectivity index (χ0n) is 18.8. The standard InChI is InChI=1S/C24H24BrN5O3/c1-5-32-18-9-7-17(8-10-18)24-27-21(16(4)33-24)13-30-15(3)22(28-29-30)23(31)26-20-11-6-14(2)12-19(20)25/h6-12H,5,13H2,1-4H3,(H,26,31). The van der Waals surface area contributed by atoms with Crippen molar-refractivity contribution < 1.29 is 13.9 Å². The van der Waals surface area contributed by atoms with Crippen LogP contribution in [0.3, 0.4) is 0 Å². The van der Waals surface area contributed by atoms with Crippen molar-refractivity contribution in [2.45, 2.75) is 34.2 Å². The van der Waals surface area contributed by atoms with Gasteiger partial charge in [-0.1, -0.05) is 11.3 Å². The lowest BCUT2D eigenvalue weighted by Crippen LogP contribution is -2.15. The fourth-order valence-corrected chi connectivity index (χ4v) is 3.92. The van der Waals surface area contributed by atoms with Crippen molar-refractivity contribution in [1.29, 1.82) is 0 Å². The molecule has 1 N–H and O–H groups in total. The van der Waals surface area contributed by atoms with Gasteiger partial charge in [-0.2, -0.15) is 0 Å². The molecule has 0 fully saturated rings. The van der Waals surface area contributed by atoms with Gasteiger partial charge < -0.3 is 14.5 Å². The molecule has 0 radical (unpaired) electrons. The summed E-state index contributed by atoms with van der Waals surface area (Å²) in [6.45, 7) is 8.55. The molecule has 2 aromatic carbocycles. The minimum atomic E-state index is -0.324. The molecule has 8 nitrogen and oxygen atoms in total. The summed E-state index contributed by atoms with van der Waals surface area (Å²) in [6, 6.07) is 13.3. The molecule has 0 spiro atoms. The maximum absolute atomic E-state index is 12.8. The highest BCUT2D eigenvalue weighted by Gasteiger charge is 2.20. The first kappa shape index (κ1) is 22.7. The maximum Gasteiger partial charge on any atom is 0.278 e. The minimum absolute atomic E-state index is 0.260. The molecule has 0 aliphatic carbocycles. The molecular formula is C24H24BrN5O3. The normalized spacial score (nSPS) is 10.9. The van der Waals surface area contributed by atoms with E-state index in [0.717, 1.165) is 27.0 Å². The SMILES string of the molecule is CCOc1ccc(-c2nc(Cn3nnc(C(=O)Nc4ccc(C)cc4Br)c3C)c(C)o2)cc1. The Balaban J connectivity index is 1.50. The molecule has 0 aliphatic heterocycles. The van der Waals surface area contributed by atoms with Gasteiger partial charge >= 0.3 is 0 Å². The van der Waals surface area contributed by atoms with Crippen molar-refractivity contribution in [2.24, 2.45) is 0 Å². The highest BCUT2D eigenvalue weighted by molar-refractivity contribution is 9.10. The molecule has 0 saturated carbocycles. The summed E-state index contributed by atoms with van der Waals surface area (Å²) in [5.41, 5.74) is 4.24. The summed E-state index contributed by atoms with van der Waals surface area (Å²) in [5.74, 6) is 1.68. The van der Waals surface area contributed by atoms with Crippen LogP contribution in [0.15, 0.2) is 51.4 Å². The van der Waals surface area contributed by atoms with Crippen LogP contribution in [0.1, 0.15) is 40.1 Å². The Morgan fingerprint density at radius 1 is 1.15 bits per heavy atom. The van der Waals surface area contributed by atoms with Gasteiger partial charge in [0.05, 0.1) is 24.5 Å². The molecule has 0 saturated heterocycles. The Bertz CT molecular complexity index is 1290. The summed E-state index contributed by atoms with van der Waals surface area (Å²) < 4.78 is 13.8. The van der Waals surface area contributed by atoms with E-state index < -0.39 is 0 Å². The van der Waals surface area contributed by atoms with Gasteiger partial charge in [-0.25, -0.2) is 9.67 Å². The van der Waals surface area contributed by atoms with Crippen molar-refractivity contribution in [2.75, 3.05) is 11.9 Å². The smallest absolute Gasteiger partial charge is 0.278 e. The van der Waals surface area contributed by atoms with Gasteiger partial charge in [0.1, 0.15) is 17.2 Å². The summed E-state index contributed by atoms with van der Waals surface area (Å²) in [4.78, 5) is 17.4. The second-order valence-corrected chi connectivity index (χ2v) is 8.45. The largest absolute Gasteiger partial charge is 0.494 e. The molecule has 0 aliphatic rings. The van der Waals surface area contributed by atoms with Crippen LogP contribution in [0.5, 0.6) is 5.75 Å². The van der Waals surface area contributed by atoms with Crippen molar-refractivity contribution in [3.8, 4) is 17.2 Å². The fourth-order valence-electron chi connectivity index (χ4n) is 3.32. The molecule has 4 aromatic rings. The third kappa shape index (κ3) is 4.98. The van der Waals surface area contributed by atoms with Crippen molar-refractivity contribution >= 4 is 27.5 Å². The Morgan fingerprint density at radius 2 is 1.91 bits per heavy atom. The number of rotatable bonds is 7. The quantitative estimate of drug-likeness (QED) is 0.362. The third-order valence-electron chi connectivity index (χ3n) is 5.17. The molecule has 33 heavy (non-hydrogen) atoms. The van der Waals surface area contributed by atoms with E-state index in [0.29, 0.717) is 36.2 Å². The monoisotopic (exact) mass is 509 g/mol. The number of hydrogen-bond acceptors (Lipinski definition) is 6. The highest BCUT2D eigenvalue weighted by Crippen LogP contribution is 2.26. The molecular weight excluding hydrogens is 486 g/mol. The van der Waals surface area contributed by atoms with Crippen molar-refractivity contribution in [3.05, 3.63) is 75.3 Å². The lowest BCUT2D eigenvalue weighted by molar-refractivity contribution is 0.102. The van der Waals surface area contributed by atoms with Gasteiger partial charge in [-0.3, -0.25) is 4.79 Å². The zero-order chi connectivity index (χ0) is 23.5. The highest BCUT2D eigenvalue weighted by atomic mass is 79.9. The minimum Gasteiger partial charge on any atom is -0.494 e. The zero-order valence-corrected chi connectivity index (χ0v) is 20.4. The maximum atomic E-state index is 12.8. The van der Waals surface area contributed by atoms with Gasteiger partial charge in [-0.15, -0.1) is 5.10 Å². The van der Waals surface area contributed by atoms with Crippen LogP contribution in [0.25, 0.3) is 11.5 Å². The predicted octanol–water partition coefficient (Wildman–Crippen LogP) is 5.32. The summed E-state index contributed by atoms with van der Waals surface area (Å²) in [7, 11) is 0. The number of hydrogen-bond donors (Lipinski definition) is 1. The van der Waals surface area contributed by atoms with E-state index in [2.05, 4.69) is 36.5 Å². The van der Waals surface area contributed by atoms with E-state index >= 15 is 0 Å². The van der Waals surface area contributed by atoms with Crippen molar-refractivity contribution in [1.82, 2.24) is 20.0 Å². The van der Waals surface area contributed by atoms with Gasteiger partial charge in [0.2, 0.25) is 5.89 Å². The van der Waals surface area contributed by atoms with E-state index in [1.807, 2.05) is 70.2 Å². The van der Waals surface area contributed by atoms with E-state index in [4.69, 9.17) is 9.15 Å². The Kier molecular flexibility index (Phi) is 6.60. The number of nitrogens with one attached hydrogen (secondary N) is 1. The van der Waals surface area contributed by atoms with Crippen LogP contribution in [0.4, 0.5) is 5.69 Å². The summed E-state index contributed by atoms with van der Waals surface area (Å²) in [6.07, 6.45) is 0. The van der Waals surface area contributed by atoms with Crippen LogP contribution in [0.2, 0.25) is 0 Å². The van der Waals surface area contributed by atoms with Crippen LogP contribution in [0, 0.1) is 20.8 Å². The van der Waals surface area contributed by atoms with E-state index in [9.17, 15) is 4.79 Å². The van der Waals surface area contributed by atoms with Crippen molar-refractivity contribution in [3.63, 3.8) is 0 Å². The molecule has 4 rings (SSSR count). The number of ether oxygens (including phenoxy) is 1. The number of aromatic nitrogens is 4. The Labute approximate surface area is 200 Å². The average molecular weight is 510 g/mol. The first-order valence-electron chi connectivity index (χ1n) is 10.5. The molecule has 2 aromatic heterocycles. The topological polar surface area (TPSA) is 95.1 Å². The van der Waals surface area contributed by atoms with Gasteiger partial charge in [-0.05, 0) is 85.6 Å². The summed E-state index contributed by atoms with van der Waals surface area (Å²) in [5, 5.41) is 11.1. The number of amides is 1. The first-order valence-corrected chi connectivity index (χ1v) is 11.3. The molecule has 170 valence electrons. The fraction of sp³-hybridized carbons (Fsp3) is 0.250. The Morgan fingerprint density at radius 3 is 2.61 bits per heavy atom. The molecule has 0 bridgehead atoms. The average Bonchev–Trinajstić information content (AvgIpc) is 3.34. The van der Waals surface area contributed by atoms with Crippen LogP contribution < -0.4 is 10.1 Å².